The summed E-state index contributed by atoms with van der Waals surface area (Å²) in [6, 6.07) is 0.585. The van der Waals surface area contributed by atoms with E-state index in [1.165, 1.54) is 12.8 Å². The second-order valence-electron chi connectivity index (χ2n) is 7.34. The van der Waals surface area contributed by atoms with E-state index < -0.39 is 0 Å². The first kappa shape index (κ1) is 18.2. The third kappa shape index (κ3) is 6.13. The summed E-state index contributed by atoms with van der Waals surface area (Å²) in [6.45, 7) is 9.13. The third-order valence-corrected chi connectivity index (χ3v) is 5.16. The largest absolute Gasteiger partial charge is 0.356 e. The summed E-state index contributed by atoms with van der Waals surface area (Å²) >= 11 is 0. The zero-order chi connectivity index (χ0) is 16.7. The van der Waals surface area contributed by atoms with Crippen LogP contribution in [0.3, 0.4) is 0 Å². The highest BCUT2D eigenvalue weighted by Gasteiger charge is 2.24. The summed E-state index contributed by atoms with van der Waals surface area (Å²) in [7, 11) is 0. The molecule has 2 aliphatic rings. The maximum absolute atomic E-state index is 12.2. The van der Waals surface area contributed by atoms with E-state index in [1.54, 1.807) is 0 Å². The Labute approximate surface area is 140 Å². The van der Waals surface area contributed by atoms with Crippen LogP contribution in [0, 0.1) is 5.92 Å². The SMILES string of the molecule is CC(C)N1CC[C@@H](CNC(=O)CCC(=O)N2CCCCCC2)C1. The molecule has 5 heteroatoms. The normalized spacial score (nSPS) is 23.1. The van der Waals surface area contributed by atoms with Crippen molar-refractivity contribution in [3.05, 3.63) is 0 Å². The molecule has 2 aliphatic heterocycles. The maximum Gasteiger partial charge on any atom is 0.223 e. The average Bonchev–Trinajstić information content (AvgIpc) is 2.84. The smallest absolute Gasteiger partial charge is 0.223 e. The van der Waals surface area contributed by atoms with E-state index in [2.05, 4.69) is 24.1 Å². The molecular formula is C18H33N3O2. The van der Waals surface area contributed by atoms with E-state index in [4.69, 9.17) is 0 Å². The lowest BCUT2D eigenvalue weighted by Gasteiger charge is -2.21. The van der Waals surface area contributed by atoms with Crippen LogP contribution in [0.5, 0.6) is 0 Å². The van der Waals surface area contributed by atoms with Crippen LogP contribution in [-0.4, -0.2) is 60.4 Å². The number of likely N-dealkylation sites (tertiary alicyclic amines) is 2. The van der Waals surface area contributed by atoms with Crippen molar-refractivity contribution in [1.82, 2.24) is 15.1 Å². The quantitative estimate of drug-likeness (QED) is 0.813. The van der Waals surface area contributed by atoms with Gasteiger partial charge < -0.3 is 15.1 Å². The van der Waals surface area contributed by atoms with Gasteiger partial charge in [-0.2, -0.15) is 0 Å². The Kier molecular flexibility index (Phi) is 7.34. The van der Waals surface area contributed by atoms with Crippen LogP contribution in [0.15, 0.2) is 0 Å². The summed E-state index contributed by atoms with van der Waals surface area (Å²) < 4.78 is 0. The highest BCUT2D eigenvalue weighted by Crippen LogP contribution is 2.17. The van der Waals surface area contributed by atoms with Crippen molar-refractivity contribution in [2.75, 3.05) is 32.7 Å². The number of nitrogens with one attached hydrogen (secondary N) is 1. The van der Waals surface area contributed by atoms with Crippen LogP contribution in [-0.2, 0) is 9.59 Å². The highest BCUT2D eigenvalue weighted by atomic mass is 16.2. The van der Waals surface area contributed by atoms with Gasteiger partial charge in [-0.1, -0.05) is 12.8 Å². The molecule has 0 aliphatic carbocycles. The predicted molar refractivity (Wildman–Crippen MR) is 92.1 cm³/mol. The van der Waals surface area contributed by atoms with Crippen molar-refractivity contribution >= 4 is 11.8 Å². The number of carbonyl (C=O) groups excluding carboxylic acids is 2. The number of carbonyl (C=O) groups is 2. The average molecular weight is 323 g/mol. The zero-order valence-corrected chi connectivity index (χ0v) is 14.9. The monoisotopic (exact) mass is 323 g/mol. The van der Waals surface area contributed by atoms with E-state index >= 15 is 0 Å². The molecule has 2 heterocycles. The first-order chi connectivity index (χ1) is 11.1. The first-order valence-corrected chi connectivity index (χ1v) is 9.35. The second kappa shape index (κ2) is 9.26. The molecule has 0 unspecified atom stereocenters. The van der Waals surface area contributed by atoms with Gasteiger partial charge in [0.2, 0.25) is 11.8 Å². The standard InChI is InChI=1S/C18H33N3O2/c1-15(2)21-12-9-16(14-21)13-19-17(22)7-8-18(23)20-10-5-3-4-6-11-20/h15-16H,3-14H2,1-2H3,(H,19,22)/t16-/m0/s1. The van der Waals surface area contributed by atoms with Crippen molar-refractivity contribution in [2.45, 2.75) is 64.8 Å². The molecule has 1 N–H and O–H groups in total. The van der Waals surface area contributed by atoms with E-state index in [1.807, 2.05) is 4.90 Å². The Bertz CT molecular complexity index is 390. The van der Waals surface area contributed by atoms with Gasteiger partial charge in [0.1, 0.15) is 0 Å². The lowest BCUT2D eigenvalue weighted by atomic mass is 10.1. The molecule has 2 fully saturated rings. The number of rotatable bonds is 6. The van der Waals surface area contributed by atoms with Crippen LogP contribution >= 0.6 is 0 Å². The molecule has 1 atom stereocenters. The minimum atomic E-state index is 0.0242. The molecule has 0 radical (unpaired) electrons. The molecule has 0 aromatic carbocycles. The molecule has 0 bridgehead atoms. The summed E-state index contributed by atoms with van der Waals surface area (Å²) in [5, 5.41) is 3.02. The van der Waals surface area contributed by atoms with E-state index in [9.17, 15) is 9.59 Å². The molecule has 2 amide bonds. The lowest BCUT2D eigenvalue weighted by Crippen LogP contribution is -2.35. The van der Waals surface area contributed by atoms with Crippen LogP contribution in [0.25, 0.3) is 0 Å². The summed E-state index contributed by atoms with van der Waals surface area (Å²) in [6.07, 6.45) is 6.49. The van der Waals surface area contributed by atoms with E-state index in [0.717, 1.165) is 52.0 Å². The van der Waals surface area contributed by atoms with Gasteiger partial charge in [0.15, 0.2) is 0 Å². The van der Waals surface area contributed by atoms with Crippen molar-refractivity contribution in [3.63, 3.8) is 0 Å². The predicted octanol–water partition coefficient (Wildman–Crippen LogP) is 2.02. The van der Waals surface area contributed by atoms with Gasteiger partial charge in [-0.25, -0.2) is 0 Å². The van der Waals surface area contributed by atoms with Crippen LogP contribution in [0.2, 0.25) is 0 Å². The number of nitrogens with zero attached hydrogens (tertiary/aromatic N) is 2. The van der Waals surface area contributed by atoms with Gasteiger partial charge >= 0.3 is 0 Å². The van der Waals surface area contributed by atoms with Gasteiger partial charge in [-0.05, 0) is 45.6 Å². The Morgan fingerprint density at radius 3 is 2.35 bits per heavy atom. The number of hydrogen-bond acceptors (Lipinski definition) is 3. The first-order valence-electron chi connectivity index (χ1n) is 9.35. The Balaban J connectivity index is 1.60. The summed E-state index contributed by atoms with van der Waals surface area (Å²) in [5.74, 6) is 0.729. The van der Waals surface area contributed by atoms with Gasteiger partial charge in [0, 0.05) is 45.1 Å². The fourth-order valence-electron chi connectivity index (χ4n) is 3.54. The number of amides is 2. The fraction of sp³-hybridized carbons (Fsp3) is 0.889. The van der Waals surface area contributed by atoms with Crippen molar-refractivity contribution in [1.29, 1.82) is 0 Å². The fourth-order valence-corrected chi connectivity index (χ4v) is 3.54. The van der Waals surface area contributed by atoms with Gasteiger partial charge in [-0.15, -0.1) is 0 Å². The van der Waals surface area contributed by atoms with Crippen molar-refractivity contribution in [3.8, 4) is 0 Å². The summed E-state index contributed by atoms with van der Waals surface area (Å²) in [4.78, 5) is 28.5. The maximum atomic E-state index is 12.2. The molecule has 0 aromatic heterocycles. The Hall–Kier alpha value is -1.10. The van der Waals surface area contributed by atoms with Crippen molar-refractivity contribution in [2.24, 2.45) is 5.92 Å². The lowest BCUT2D eigenvalue weighted by molar-refractivity contribution is -0.133. The van der Waals surface area contributed by atoms with Crippen LogP contribution in [0.1, 0.15) is 58.8 Å². The topological polar surface area (TPSA) is 52.7 Å². The van der Waals surface area contributed by atoms with E-state index in [-0.39, 0.29) is 11.8 Å². The van der Waals surface area contributed by atoms with Gasteiger partial charge in [0.25, 0.3) is 0 Å². The Morgan fingerprint density at radius 2 is 1.74 bits per heavy atom. The highest BCUT2D eigenvalue weighted by molar-refractivity contribution is 5.83. The van der Waals surface area contributed by atoms with Crippen LogP contribution in [0.4, 0.5) is 0 Å². The zero-order valence-electron chi connectivity index (χ0n) is 14.9. The molecule has 132 valence electrons. The van der Waals surface area contributed by atoms with E-state index in [0.29, 0.717) is 24.8 Å². The third-order valence-electron chi connectivity index (χ3n) is 5.16. The molecule has 2 rings (SSSR count). The molecule has 23 heavy (non-hydrogen) atoms. The number of hydrogen-bond donors (Lipinski definition) is 1. The van der Waals surface area contributed by atoms with Crippen LogP contribution < -0.4 is 5.32 Å². The minimum Gasteiger partial charge on any atom is -0.356 e. The van der Waals surface area contributed by atoms with Gasteiger partial charge in [-0.3, -0.25) is 9.59 Å². The second-order valence-corrected chi connectivity index (χ2v) is 7.34. The molecule has 5 nitrogen and oxygen atoms in total. The van der Waals surface area contributed by atoms with Crippen molar-refractivity contribution < 1.29 is 9.59 Å². The molecule has 0 aromatic rings. The minimum absolute atomic E-state index is 0.0242. The van der Waals surface area contributed by atoms with Gasteiger partial charge in [0.05, 0.1) is 0 Å². The Morgan fingerprint density at radius 1 is 1.04 bits per heavy atom. The summed E-state index contributed by atoms with van der Waals surface area (Å²) in [5.41, 5.74) is 0. The molecular weight excluding hydrogens is 290 g/mol. The molecule has 0 saturated carbocycles. The molecule has 2 saturated heterocycles. The molecule has 0 spiro atoms.